The fourth-order valence-corrected chi connectivity index (χ4v) is 5.84. The van der Waals surface area contributed by atoms with Crippen molar-refractivity contribution in [3.8, 4) is 11.1 Å². The average Bonchev–Trinajstić information content (AvgIpc) is 3.29. The lowest BCUT2D eigenvalue weighted by atomic mass is 9.93. The first kappa shape index (κ1) is 20.9. The average molecular weight is 444 g/mol. The molecule has 2 saturated heterocycles. The molecular weight excluding hydrogens is 410 g/mol. The van der Waals surface area contributed by atoms with Crippen molar-refractivity contribution in [2.24, 2.45) is 5.92 Å². The Labute approximate surface area is 196 Å². The summed E-state index contributed by atoms with van der Waals surface area (Å²) in [7, 11) is 0. The molecule has 1 aliphatic carbocycles. The highest BCUT2D eigenvalue weighted by Crippen LogP contribution is 2.33. The summed E-state index contributed by atoms with van der Waals surface area (Å²) in [5, 5.41) is 0. The molecule has 5 heteroatoms. The van der Waals surface area contributed by atoms with Crippen LogP contribution in [0.2, 0.25) is 0 Å². The molecule has 0 radical (unpaired) electrons. The quantitative estimate of drug-likeness (QED) is 0.700. The normalized spacial score (nSPS) is 23.3. The molecule has 2 amide bonds. The number of nitrogens with zero attached hydrogens (tertiary/aromatic N) is 3. The van der Waals surface area contributed by atoms with Crippen LogP contribution in [0.15, 0.2) is 42.5 Å². The SMILES string of the molecule is O=C(c1ccc(-c2ccc3c(c2)CCN([C@@H]2CCN(CC4CC4)C2)C3=O)cc1)N1CCCC1. The zero-order chi connectivity index (χ0) is 22.4. The van der Waals surface area contributed by atoms with Crippen molar-refractivity contribution in [2.75, 3.05) is 39.3 Å². The second-order valence-corrected chi connectivity index (χ2v) is 10.3. The Hall–Kier alpha value is -2.66. The van der Waals surface area contributed by atoms with Gasteiger partial charge in [-0.15, -0.1) is 0 Å². The third-order valence-corrected chi connectivity index (χ3v) is 7.98. The third kappa shape index (κ3) is 4.19. The lowest BCUT2D eigenvalue weighted by Crippen LogP contribution is -2.46. The minimum Gasteiger partial charge on any atom is -0.339 e. The molecule has 33 heavy (non-hydrogen) atoms. The number of amides is 2. The van der Waals surface area contributed by atoms with E-state index in [2.05, 4.69) is 21.9 Å². The van der Waals surface area contributed by atoms with E-state index in [9.17, 15) is 9.59 Å². The standard InChI is InChI=1S/C28H33N3O2/c32-27(30-13-1-2-14-30)22-7-5-21(6-8-22)23-9-10-26-24(17-23)11-16-31(28(26)33)25-12-15-29(19-25)18-20-3-4-20/h5-10,17,20,25H,1-4,11-16,18-19H2/t25-/m1/s1. The van der Waals surface area contributed by atoms with Crippen LogP contribution in [-0.2, 0) is 6.42 Å². The fourth-order valence-electron chi connectivity index (χ4n) is 5.84. The Kier molecular flexibility index (Phi) is 5.45. The molecule has 1 saturated carbocycles. The van der Waals surface area contributed by atoms with Crippen LogP contribution < -0.4 is 0 Å². The number of carbonyl (C=O) groups excluding carboxylic acids is 2. The lowest BCUT2D eigenvalue weighted by Gasteiger charge is -2.34. The van der Waals surface area contributed by atoms with Gasteiger partial charge in [0.2, 0.25) is 0 Å². The van der Waals surface area contributed by atoms with Crippen LogP contribution in [0.4, 0.5) is 0 Å². The van der Waals surface area contributed by atoms with Gasteiger partial charge in [0.05, 0.1) is 0 Å². The highest BCUT2D eigenvalue weighted by molar-refractivity contribution is 5.98. The maximum Gasteiger partial charge on any atom is 0.254 e. The molecule has 0 N–H and O–H groups in total. The molecule has 0 unspecified atom stereocenters. The molecule has 0 aromatic heterocycles. The molecule has 3 aliphatic heterocycles. The van der Waals surface area contributed by atoms with Crippen LogP contribution in [0, 0.1) is 5.92 Å². The highest BCUT2D eigenvalue weighted by Gasteiger charge is 2.36. The Morgan fingerprint density at radius 1 is 0.879 bits per heavy atom. The van der Waals surface area contributed by atoms with Gasteiger partial charge in [-0.25, -0.2) is 0 Å². The van der Waals surface area contributed by atoms with Crippen molar-refractivity contribution in [3.05, 3.63) is 59.2 Å². The van der Waals surface area contributed by atoms with E-state index in [-0.39, 0.29) is 11.8 Å². The fraction of sp³-hybridized carbons (Fsp3) is 0.500. The van der Waals surface area contributed by atoms with E-state index in [0.717, 1.165) is 92.1 Å². The van der Waals surface area contributed by atoms with Crippen LogP contribution >= 0.6 is 0 Å². The van der Waals surface area contributed by atoms with Crippen molar-refractivity contribution in [1.82, 2.24) is 14.7 Å². The van der Waals surface area contributed by atoms with Gasteiger partial charge in [-0.1, -0.05) is 24.3 Å². The van der Waals surface area contributed by atoms with E-state index in [1.54, 1.807) is 0 Å². The van der Waals surface area contributed by atoms with Crippen molar-refractivity contribution >= 4 is 11.8 Å². The molecule has 6 rings (SSSR count). The predicted molar refractivity (Wildman–Crippen MR) is 129 cm³/mol. The first-order valence-electron chi connectivity index (χ1n) is 12.7. The Morgan fingerprint density at radius 3 is 2.39 bits per heavy atom. The summed E-state index contributed by atoms with van der Waals surface area (Å²) < 4.78 is 0. The number of rotatable bonds is 5. The van der Waals surface area contributed by atoms with E-state index >= 15 is 0 Å². The van der Waals surface area contributed by atoms with Crippen molar-refractivity contribution in [2.45, 2.75) is 44.6 Å². The van der Waals surface area contributed by atoms with Gasteiger partial charge in [-0.3, -0.25) is 9.59 Å². The molecule has 0 spiro atoms. The number of benzene rings is 2. The Balaban J connectivity index is 1.15. The molecule has 5 nitrogen and oxygen atoms in total. The topological polar surface area (TPSA) is 43.9 Å². The Morgan fingerprint density at radius 2 is 1.64 bits per heavy atom. The van der Waals surface area contributed by atoms with Gasteiger partial charge in [0, 0.05) is 56.4 Å². The van der Waals surface area contributed by atoms with Crippen molar-refractivity contribution in [3.63, 3.8) is 0 Å². The first-order valence-corrected chi connectivity index (χ1v) is 12.7. The molecule has 4 aliphatic rings. The van der Waals surface area contributed by atoms with Crippen molar-refractivity contribution < 1.29 is 9.59 Å². The second kappa shape index (κ2) is 8.60. The molecule has 3 heterocycles. The molecule has 0 bridgehead atoms. The summed E-state index contributed by atoms with van der Waals surface area (Å²) in [5.41, 5.74) is 4.99. The zero-order valence-electron chi connectivity index (χ0n) is 19.3. The van der Waals surface area contributed by atoms with E-state index in [1.807, 2.05) is 35.2 Å². The molecule has 172 valence electrons. The van der Waals surface area contributed by atoms with Crippen LogP contribution in [0.5, 0.6) is 0 Å². The summed E-state index contributed by atoms with van der Waals surface area (Å²) in [6.45, 7) is 5.96. The maximum absolute atomic E-state index is 13.3. The monoisotopic (exact) mass is 443 g/mol. The number of likely N-dealkylation sites (tertiary alicyclic amines) is 2. The Bertz CT molecular complexity index is 1050. The third-order valence-electron chi connectivity index (χ3n) is 7.98. The molecule has 2 aromatic carbocycles. The smallest absolute Gasteiger partial charge is 0.254 e. The van der Waals surface area contributed by atoms with Crippen LogP contribution in [-0.4, -0.2) is 71.8 Å². The van der Waals surface area contributed by atoms with Gasteiger partial charge in [0.25, 0.3) is 11.8 Å². The lowest BCUT2D eigenvalue weighted by molar-refractivity contribution is 0.0663. The minimum absolute atomic E-state index is 0.137. The maximum atomic E-state index is 13.3. The van der Waals surface area contributed by atoms with Gasteiger partial charge >= 0.3 is 0 Å². The van der Waals surface area contributed by atoms with Gasteiger partial charge in [-0.2, -0.15) is 0 Å². The van der Waals surface area contributed by atoms with E-state index in [4.69, 9.17) is 0 Å². The number of hydrogen-bond acceptors (Lipinski definition) is 3. The van der Waals surface area contributed by atoms with Gasteiger partial charge in [0.15, 0.2) is 0 Å². The number of hydrogen-bond donors (Lipinski definition) is 0. The van der Waals surface area contributed by atoms with Crippen molar-refractivity contribution in [1.29, 1.82) is 0 Å². The first-order chi connectivity index (χ1) is 16.2. The zero-order valence-corrected chi connectivity index (χ0v) is 19.3. The highest BCUT2D eigenvalue weighted by atomic mass is 16.2. The summed E-state index contributed by atoms with van der Waals surface area (Å²) in [5.74, 6) is 1.25. The summed E-state index contributed by atoms with van der Waals surface area (Å²) in [6.07, 6.45) is 7.01. The molecule has 2 aromatic rings. The predicted octanol–water partition coefficient (Wildman–Crippen LogP) is 4.07. The second-order valence-electron chi connectivity index (χ2n) is 10.3. The van der Waals surface area contributed by atoms with Gasteiger partial charge in [0.1, 0.15) is 0 Å². The van der Waals surface area contributed by atoms with E-state index < -0.39 is 0 Å². The van der Waals surface area contributed by atoms with E-state index in [1.165, 1.54) is 19.4 Å². The van der Waals surface area contributed by atoms with Crippen LogP contribution in [0.3, 0.4) is 0 Å². The molecule has 1 atom stereocenters. The molecular formula is C28H33N3O2. The van der Waals surface area contributed by atoms with Gasteiger partial charge < -0.3 is 14.7 Å². The number of carbonyl (C=O) groups is 2. The largest absolute Gasteiger partial charge is 0.339 e. The van der Waals surface area contributed by atoms with Crippen LogP contribution in [0.25, 0.3) is 11.1 Å². The summed E-state index contributed by atoms with van der Waals surface area (Å²) in [6, 6.07) is 14.6. The summed E-state index contributed by atoms with van der Waals surface area (Å²) in [4.78, 5) is 32.6. The van der Waals surface area contributed by atoms with Crippen LogP contribution in [0.1, 0.15) is 58.4 Å². The van der Waals surface area contributed by atoms with E-state index in [0.29, 0.717) is 6.04 Å². The minimum atomic E-state index is 0.137. The number of fused-ring (bicyclic) bond motifs is 1. The summed E-state index contributed by atoms with van der Waals surface area (Å²) >= 11 is 0. The molecule has 3 fully saturated rings. The van der Waals surface area contributed by atoms with Gasteiger partial charge in [-0.05, 0) is 79.3 Å².